The van der Waals surface area contributed by atoms with Gasteiger partial charge in [0.2, 0.25) is 0 Å². The molecular formula is C17H32O2. The minimum absolute atomic E-state index is 0.334. The van der Waals surface area contributed by atoms with Gasteiger partial charge in [-0.05, 0) is 38.0 Å². The summed E-state index contributed by atoms with van der Waals surface area (Å²) in [6, 6.07) is 0. The predicted molar refractivity (Wildman–Crippen MR) is 82.4 cm³/mol. The molecule has 0 spiro atoms. The lowest BCUT2D eigenvalue weighted by molar-refractivity contribution is -0.137. The molecule has 0 aliphatic heterocycles. The van der Waals surface area contributed by atoms with Crippen LogP contribution in [-0.4, -0.2) is 11.1 Å². The van der Waals surface area contributed by atoms with Gasteiger partial charge in [-0.15, -0.1) is 0 Å². The maximum absolute atomic E-state index is 10.3. The first kappa shape index (κ1) is 18.2. The van der Waals surface area contributed by atoms with Crippen LogP contribution in [0, 0.1) is 5.92 Å². The minimum Gasteiger partial charge on any atom is -0.481 e. The third-order valence-electron chi connectivity index (χ3n) is 3.34. The lowest BCUT2D eigenvalue weighted by Crippen LogP contribution is -1.93. The molecule has 0 aromatic rings. The molecule has 0 bridgehead atoms. The second-order valence-corrected chi connectivity index (χ2v) is 5.85. The van der Waals surface area contributed by atoms with Crippen LogP contribution in [0.25, 0.3) is 0 Å². The van der Waals surface area contributed by atoms with Crippen LogP contribution in [0.1, 0.15) is 84.5 Å². The fourth-order valence-corrected chi connectivity index (χ4v) is 2.09. The molecule has 0 rings (SSSR count). The number of hydrogen-bond donors (Lipinski definition) is 1. The minimum atomic E-state index is -0.663. The third-order valence-corrected chi connectivity index (χ3v) is 3.34. The third kappa shape index (κ3) is 17.2. The van der Waals surface area contributed by atoms with Crippen molar-refractivity contribution in [3.8, 4) is 0 Å². The number of carboxylic acids is 1. The maximum Gasteiger partial charge on any atom is 0.303 e. The average molecular weight is 268 g/mol. The largest absolute Gasteiger partial charge is 0.481 e. The Hall–Kier alpha value is -0.790. The molecule has 0 amide bonds. The van der Waals surface area contributed by atoms with Crippen molar-refractivity contribution in [2.75, 3.05) is 0 Å². The van der Waals surface area contributed by atoms with Gasteiger partial charge in [-0.2, -0.15) is 0 Å². The fraction of sp³-hybridized carbons (Fsp3) is 0.824. The number of aliphatic carboxylic acids is 1. The van der Waals surface area contributed by atoms with Gasteiger partial charge in [0.05, 0.1) is 0 Å². The van der Waals surface area contributed by atoms with Gasteiger partial charge in [0.25, 0.3) is 0 Å². The summed E-state index contributed by atoms with van der Waals surface area (Å²) in [4.78, 5) is 10.3. The monoisotopic (exact) mass is 268 g/mol. The van der Waals surface area contributed by atoms with Crippen molar-refractivity contribution in [3.05, 3.63) is 12.2 Å². The van der Waals surface area contributed by atoms with Gasteiger partial charge in [0.1, 0.15) is 0 Å². The summed E-state index contributed by atoms with van der Waals surface area (Å²) in [6.07, 6.45) is 17.0. The highest BCUT2D eigenvalue weighted by Crippen LogP contribution is 2.10. The van der Waals surface area contributed by atoms with Gasteiger partial charge in [0, 0.05) is 6.42 Å². The van der Waals surface area contributed by atoms with Gasteiger partial charge in [-0.3, -0.25) is 4.79 Å². The van der Waals surface area contributed by atoms with E-state index in [0.29, 0.717) is 6.42 Å². The van der Waals surface area contributed by atoms with Crippen LogP contribution in [0.5, 0.6) is 0 Å². The quantitative estimate of drug-likeness (QED) is 0.350. The van der Waals surface area contributed by atoms with E-state index >= 15 is 0 Å². The van der Waals surface area contributed by atoms with Crippen molar-refractivity contribution in [2.45, 2.75) is 84.5 Å². The molecular weight excluding hydrogens is 236 g/mol. The second kappa shape index (κ2) is 13.6. The van der Waals surface area contributed by atoms with E-state index in [1.807, 2.05) is 0 Å². The van der Waals surface area contributed by atoms with Gasteiger partial charge >= 0.3 is 5.97 Å². The SMILES string of the molecule is CC(C)CCC=CCCCCCCCCCC(=O)O. The van der Waals surface area contributed by atoms with Crippen molar-refractivity contribution in [2.24, 2.45) is 5.92 Å². The number of hydrogen-bond acceptors (Lipinski definition) is 1. The second-order valence-electron chi connectivity index (χ2n) is 5.85. The Morgan fingerprint density at radius 1 is 0.895 bits per heavy atom. The molecule has 0 aromatic heterocycles. The molecule has 2 nitrogen and oxygen atoms in total. The molecule has 112 valence electrons. The topological polar surface area (TPSA) is 37.3 Å². The fourth-order valence-electron chi connectivity index (χ4n) is 2.09. The number of unbranched alkanes of at least 4 members (excludes halogenated alkanes) is 7. The molecule has 0 aliphatic carbocycles. The smallest absolute Gasteiger partial charge is 0.303 e. The van der Waals surface area contributed by atoms with Crippen LogP contribution in [-0.2, 0) is 4.79 Å². The molecule has 0 unspecified atom stereocenters. The van der Waals surface area contributed by atoms with Gasteiger partial charge in [-0.25, -0.2) is 0 Å². The standard InChI is InChI=1S/C17H32O2/c1-16(2)14-12-10-8-6-4-3-5-7-9-11-13-15-17(18)19/h8,10,16H,3-7,9,11-15H2,1-2H3,(H,18,19). The summed E-state index contributed by atoms with van der Waals surface area (Å²) < 4.78 is 0. The highest BCUT2D eigenvalue weighted by molar-refractivity contribution is 5.66. The summed E-state index contributed by atoms with van der Waals surface area (Å²) in [5, 5.41) is 8.50. The summed E-state index contributed by atoms with van der Waals surface area (Å²) in [5.74, 6) is 0.148. The summed E-state index contributed by atoms with van der Waals surface area (Å²) in [5.41, 5.74) is 0. The summed E-state index contributed by atoms with van der Waals surface area (Å²) in [7, 11) is 0. The lowest BCUT2D eigenvalue weighted by atomic mass is 10.1. The molecule has 0 heterocycles. The van der Waals surface area contributed by atoms with Crippen molar-refractivity contribution in [1.82, 2.24) is 0 Å². The van der Waals surface area contributed by atoms with E-state index < -0.39 is 5.97 Å². The van der Waals surface area contributed by atoms with Crippen molar-refractivity contribution in [1.29, 1.82) is 0 Å². The van der Waals surface area contributed by atoms with E-state index in [0.717, 1.165) is 18.8 Å². The molecule has 0 saturated heterocycles. The summed E-state index contributed by atoms with van der Waals surface area (Å²) in [6.45, 7) is 4.54. The number of rotatable bonds is 13. The first-order chi connectivity index (χ1) is 9.13. The molecule has 0 radical (unpaired) electrons. The van der Waals surface area contributed by atoms with Crippen molar-refractivity contribution < 1.29 is 9.90 Å². The van der Waals surface area contributed by atoms with Crippen LogP contribution in [0.3, 0.4) is 0 Å². The van der Waals surface area contributed by atoms with Crippen LogP contribution in [0.2, 0.25) is 0 Å². The molecule has 0 aliphatic rings. The first-order valence-electron chi connectivity index (χ1n) is 7.99. The van der Waals surface area contributed by atoms with E-state index in [4.69, 9.17) is 5.11 Å². The van der Waals surface area contributed by atoms with Gasteiger partial charge in [0.15, 0.2) is 0 Å². The van der Waals surface area contributed by atoms with Gasteiger partial charge in [-0.1, -0.05) is 58.1 Å². The van der Waals surface area contributed by atoms with E-state index in [2.05, 4.69) is 26.0 Å². The molecule has 0 fully saturated rings. The Morgan fingerprint density at radius 3 is 2.00 bits per heavy atom. The van der Waals surface area contributed by atoms with Crippen LogP contribution in [0.4, 0.5) is 0 Å². The maximum atomic E-state index is 10.3. The highest BCUT2D eigenvalue weighted by Gasteiger charge is 1.96. The van der Waals surface area contributed by atoms with Gasteiger partial charge < -0.3 is 5.11 Å². The Bertz CT molecular complexity index is 231. The zero-order valence-corrected chi connectivity index (χ0v) is 12.9. The number of allylic oxidation sites excluding steroid dienone is 2. The Balaban J connectivity index is 3.08. The van der Waals surface area contributed by atoms with Crippen molar-refractivity contribution in [3.63, 3.8) is 0 Å². The van der Waals surface area contributed by atoms with Crippen LogP contribution >= 0.6 is 0 Å². The van der Waals surface area contributed by atoms with Crippen molar-refractivity contribution >= 4 is 5.97 Å². The predicted octanol–water partition coefficient (Wildman–Crippen LogP) is 5.57. The van der Waals surface area contributed by atoms with E-state index in [9.17, 15) is 4.79 Å². The first-order valence-corrected chi connectivity index (χ1v) is 7.99. The molecule has 0 atom stereocenters. The summed E-state index contributed by atoms with van der Waals surface area (Å²) >= 11 is 0. The Labute approximate surface area is 119 Å². The van der Waals surface area contributed by atoms with Crippen LogP contribution in [0.15, 0.2) is 12.2 Å². The zero-order chi connectivity index (χ0) is 14.3. The van der Waals surface area contributed by atoms with E-state index in [-0.39, 0.29) is 0 Å². The van der Waals surface area contributed by atoms with E-state index in [1.165, 1.54) is 51.4 Å². The lowest BCUT2D eigenvalue weighted by Gasteiger charge is -2.00. The highest BCUT2D eigenvalue weighted by atomic mass is 16.4. The molecule has 1 N–H and O–H groups in total. The van der Waals surface area contributed by atoms with E-state index in [1.54, 1.807) is 0 Å². The Kier molecular flexibility index (Phi) is 13.1. The molecule has 0 saturated carbocycles. The molecule has 19 heavy (non-hydrogen) atoms. The number of carbonyl (C=O) groups is 1. The normalized spacial score (nSPS) is 11.5. The zero-order valence-electron chi connectivity index (χ0n) is 12.9. The molecule has 2 heteroatoms. The number of carboxylic acid groups (broad SMARTS) is 1. The molecule has 0 aromatic carbocycles. The van der Waals surface area contributed by atoms with Crippen LogP contribution < -0.4 is 0 Å². The average Bonchev–Trinajstić information content (AvgIpc) is 2.34. The Morgan fingerprint density at radius 2 is 1.42 bits per heavy atom.